The van der Waals surface area contributed by atoms with Crippen molar-refractivity contribution in [2.75, 3.05) is 6.54 Å². The molecule has 2 aliphatic rings. The Bertz CT molecular complexity index is 323. The lowest BCUT2D eigenvalue weighted by atomic mass is 9.69. The van der Waals surface area contributed by atoms with Gasteiger partial charge in [0.2, 0.25) is 5.91 Å². The molecule has 0 aromatic rings. The summed E-state index contributed by atoms with van der Waals surface area (Å²) in [7, 11) is 0. The van der Waals surface area contributed by atoms with E-state index in [-0.39, 0.29) is 12.0 Å². The standard InChI is InChI=1S/C13H20N2O2/c14-9-13(6-1-7-13)12(17)15-8-10-2-4-11(16)5-3-10/h10-11,16H,1-8H2,(H,15,17). The molecule has 0 atom stereocenters. The van der Waals surface area contributed by atoms with Gasteiger partial charge in [-0.05, 0) is 50.9 Å². The number of aliphatic hydroxyl groups excluding tert-OH is 1. The number of nitrogens with zero attached hydrogens (tertiary/aromatic N) is 1. The first-order valence-corrected chi connectivity index (χ1v) is 6.54. The van der Waals surface area contributed by atoms with Crippen LogP contribution >= 0.6 is 0 Å². The van der Waals surface area contributed by atoms with Gasteiger partial charge in [0.1, 0.15) is 5.41 Å². The molecule has 0 aromatic carbocycles. The van der Waals surface area contributed by atoms with E-state index in [4.69, 9.17) is 5.26 Å². The van der Waals surface area contributed by atoms with Crippen LogP contribution in [0.5, 0.6) is 0 Å². The van der Waals surface area contributed by atoms with Gasteiger partial charge in [-0.15, -0.1) is 0 Å². The van der Waals surface area contributed by atoms with Crippen molar-refractivity contribution in [3.8, 4) is 6.07 Å². The summed E-state index contributed by atoms with van der Waals surface area (Å²) < 4.78 is 0. The Morgan fingerprint density at radius 3 is 2.47 bits per heavy atom. The first kappa shape index (κ1) is 12.4. The van der Waals surface area contributed by atoms with Crippen molar-refractivity contribution in [2.24, 2.45) is 11.3 Å². The van der Waals surface area contributed by atoms with E-state index in [1.807, 2.05) is 0 Å². The van der Waals surface area contributed by atoms with E-state index in [2.05, 4.69) is 11.4 Å². The molecule has 2 fully saturated rings. The molecule has 0 heterocycles. The molecule has 94 valence electrons. The van der Waals surface area contributed by atoms with Gasteiger partial charge in [-0.1, -0.05) is 0 Å². The summed E-state index contributed by atoms with van der Waals surface area (Å²) in [4.78, 5) is 11.9. The Morgan fingerprint density at radius 2 is 2.00 bits per heavy atom. The van der Waals surface area contributed by atoms with Crippen LogP contribution in [0.3, 0.4) is 0 Å². The number of carbonyl (C=O) groups excluding carboxylic acids is 1. The zero-order valence-corrected chi connectivity index (χ0v) is 10.1. The number of rotatable bonds is 3. The van der Waals surface area contributed by atoms with Crippen LogP contribution < -0.4 is 5.32 Å². The third-order valence-electron chi connectivity index (χ3n) is 4.22. The van der Waals surface area contributed by atoms with Gasteiger partial charge in [-0.25, -0.2) is 0 Å². The highest BCUT2D eigenvalue weighted by Gasteiger charge is 2.44. The van der Waals surface area contributed by atoms with E-state index < -0.39 is 5.41 Å². The van der Waals surface area contributed by atoms with Crippen LogP contribution in [-0.4, -0.2) is 23.7 Å². The molecular formula is C13H20N2O2. The lowest BCUT2D eigenvalue weighted by molar-refractivity contribution is -0.132. The number of aliphatic hydroxyl groups is 1. The number of nitrogens with one attached hydrogen (secondary N) is 1. The second-order valence-electron chi connectivity index (χ2n) is 5.43. The van der Waals surface area contributed by atoms with Crippen molar-refractivity contribution in [1.29, 1.82) is 5.26 Å². The number of carbonyl (C=O) groups is 1. The molecule has 17 heavy (non-hydrogen) atoms. The van der Waals surface area contributed by atoms with Gasteiger partial charge in [0.25, 0.3) is 0 Å². The Kier molecular flexibility index (Phi) is 3.68. The van der Waals surface area contributed by atoms with Crippen LogP contribution in [0.4, 0.5) is 0 Å². The highest BCUT2D eigenvalue weighted by molar-refractivity contribution is 5.86. The molecule has 4 heteroatoms. The van der Waals surface area contributed by atoms with Crippen molar-refractivity contribution in [3.05, 3.63) is 0 Å². The van der Waals surface area contributed by atoms with Crippen LogP contribution in [0.1, 0.15) is 44.9 Å². The van der Waals surface area contributed by atoms with Crippen LogP contribution in [0.15, 0.2) is 0 Å². The van der Waals surface area contributed by atoms with Crippen molar-refractivity contribution in [1.82, 2.24) is 5.32 Å². The molecule has 0 aromatic heterocycles. The molecular weight excluding hydrogens is 216 g/mol. The molecule has 2 N–H and O–H groups in total. The minimum absolute atomic E-state index is 0.0858. The zero-order valence-electron chi connectivity index (χ0n) is 10.1. The molecule has 0 bridgehead atoms. The van der Waals surface area contributed by atoms with E-state index in [9.17, 15) is 9.90 Å². The van der Waals surface area contributed by atoms with Gasteiger partial charge >= 0.3 is 0 Å². The normalized spacial score (nSPS) is 31.1. The van der Waals surface area contributed by atoms with Crippen molar-refractivity contribution < 1.29 is 9.90 Å². The number of amides is 1. The van der Waals surface area contributed by atoms with Gasteiger partial charge in [-0.3, -0.25) is 4.79 Å². The molecule has 0 saturated heterocycles. The van der Waals surface area contributed by atoms with Crippen LogP contribution in [0.25, 0.3) is 0 Å². The molecule has 0 aliphatic heterocycles. The maximum absolute atomic E-state index is 11.9. The lowest BCUT2D eigenvalue weighted by Crippen LogP contribution is -2.46. The molecule has 0 radical (unpaired) electrons. The van der Waals surface area contributed by atoms with Crippen molar-refractivity contribution in [3.63, 3.8) is 0 Å². The minimum atomic E-state index is -0.728. The smallest absolute Gasteiger partial charge is 0.240 e. The van der Waals surface area contributed by atoms with Crippen LogP contribution in [0, 0.1) is 22.7 Å². The number of hydrogen-bond acceptors (Lipinski definition) is 3. The second kappa shape index (κ2) is 5.05. The quantitative estimate of drug-likeness (QED) is 0.776. The fourth-order valence-electron chi connectivity index (χ4n) is 2.68. The van der Waals surface area contributed by atoms with Gasteiger partial charge in [0, 0.05) is 6.54 Å². The average molecular weight is 236 g/mol. The van der Waals surface area contributed by atoms with Crippen LogP contribution in [-0.2, 0) is 4.79 Å². The molecule has 0 spiro atoms. The third kappa shape index (κ3) is 2.61. The van der Waals surface area contributed by atoms with E-state index in [0.29, 0.717) is 25.3 Å². The Labute approximate surface area is 102 Å². The average Bonchev–Trinajstić information content (AvgIpc) is 2.27. The highest BCUT2D eigenvalue weighted by Crippen LogP contribution is 2.40. The molecule has 2 aliphatic carbocycles. The summed E-state index contributed by atoms with van der Waals surface area (Å²) in [6, 6.07) is 2.16. The molecule has 1 amide bonds. The third-order valence-corrected chi connectivity index (χ3v) is 4.22. The van der Waals surface area contributed by atoms with Gasteiger partial charge in [-0.2, -0.15) is 5.26 Å². The fourth-order valence-corrected chi connectivity index (χ4v) is 2.68. The fraction of sp³-hybridized carbons (Fsp3) is 0.846. The highest BCUT2D eigenvalue weighted by atomic mass is 16.3. The molecule has 2 rings (SSSR count). The summed E-state index contributed by atoms with van der Waals surface area (Å²) in [5.41, 5.74) is -0.728. The Hall–Kier alpha value is -1.08. The van der Waals surface area contributed by atoms with E-state index in [1.54, 1.807) is 0 Å². The topological polar surface area (TPSA) is 73.1 Å². The second-order valence-corrected chi connectivity index (χ2v) is 5.43. The van der Waals surface area contributed by atoms with Gasteiger partial charge < -0.3 is 10.4 Å². The SMILES string of the molecule is N#CC1(C(=O)NCC2CCC(O)CC2)CCC1. The van der Waals surface area contributed by atoms with E-state index in [1.165, 1.54) is 0 Å². The van der Waals surface area contributed by atoms with Gasteiger partial charge in [0.15, 0.2) is 0 Å². The number of hydrogen-bond donors (Lipinski definition) is 2. The summed E-state index contributed by atoms with van der Waals surface area (Å²) >= 11 is 0. The maximum atomic E-state index is 11.9. The van der Waals surface area contributed by atoms with Crippen molar-refractivity contribution >= 4 is 5.91 Å². The zero-order chi connectivity index (χ0) is 12.3. The lowest BCUT2D eigenvalue weighted by Gasteiger charge is -2.34. The Morgan fingerprint density at radius 1 is 1.35 bits per heavy atom. The molecule has 0 unspecified atom stereocenters. The van der Waals surface area contributed by atoms with Crippen LogP contribution in [0.2, 0.25) is 0 Å². The first-order valence-electron chi connectivity index (χ1n) is 6.54. The van der Waals surface area contributed by atoms with Crippen molar-refractivity contribution in [2.45, 2.75) is 51.0 Å². The first-order chi connectivity index (χ1) is 8.16. The largest absolute Gasteiger partial charge is 0.393 e. The monoisotopic (exact) mass is 236 g/mol. The van der Waals surface area contributed by atoms with E-state index in [0.717, 1.165) is 32.1 Å². The van der Waals surface area contributed by atoms with E-state index >= 15 is 0 Å². The predicted octanol–water partition coefficient (Wildman–Crippen LogP) is 1.35. The molecule has 2 saturated carbocycles. The Balaban J connectivity index is 1.75. The molecule has 4 nitrogen and oxygen atoms in total. The van der Waals surface area contributed by atoms with Gasteiger partial charge in [0.05, 0.1) is 12.2 Å². The number of nitriles is 1. The maximum Gasteiger partial charge on any atom is 0.240 e. The minimum Gasteiger partial charge on any atom is -0.393 e. The summed E-state index contributed by atoms with van der Waals surface area (Å²) in [6.45, 7) is 0.662. The summed E-state index contributed by atoms with van der Waals surface area (Å²) in [6.07, 6.45) is 5.86. The predicted molar refractivity (Wildman–Crippen MR) is 62.9 cm³/mol. The summed E-state index contributed by atoms with van der Waals surface area (Å²) in [5.74, 6) is 0.385. The summed E-state index contributed by atoms with van der Waals surface area (Å²) in [5, 5.41) is 21.3.